The summed E-state index contributed by atoms with van der Waals surface area (Å²) in [5.74, 6) is -0.295. The average Bonchev–Trinajstić information content (AvgIpc) is 2.79. The van der Waals surface area contributed by atoms with Crippen molar-refractivity contribution in [2.75, 3.05) is 32.0 Å². The highest BCUT2D eigenvalue weighted by Crippen LogP contribution is 2.27. The van der Waals surface area contributed by atoms with E-state index in [1.54, 1.807) is 17.0 Å². The molecule has 2 aliphatic heterocycles. The van der Waals surface area contributed by atoms with Crippen molar-refractivity contribution < 1.29 is 18.0 Å². The van der Waals surface area contributed by atoms with Gasteiger partial charge in [0.05, 0.1) is 11.4 Å². The summed E-state index contributed by atoms with van der Waals surface area (Å²) in [6, 6.07) is 14.7. The van der Waals surface area contributed by atoms with Gasteiger partial charge < -0.3 is 10.2 Å². The molecular formula is C23H25N3O4S. The van der Waals surface area contributed by atoms with Gasteiger partial charge in [0.1, 0.15) is 0 Å². The van der Waals surface area contributed by atoms with Crippen molar-refractivity contribution in [2.45, 2.75) is 24.2 Å². The minimum atomic E-state index is -3.82. The zero-order valence-corrected chi connectivity index (χ0v) is 18.2. The lowest BCUT2D eigenvalue weighted by Crippen LogP contribution is -2.42. The Balaban J connectivity index is 1.42. The van der Waals surface area contributed by atoms with E-state index in [0.717, 1.165) is 21.9 Å². The lowest BCUT2D eigenvalue weighted by molar-refractivity contribution is -0.130. The molecule has 0 aliphatic carbocycles. The van der Waals surface area contributed by atoms with E-state index in [1.165, 1.54) is 18.7 Å². The van der Waals surface area contributed by atoms with Crippen molar-refractivity contribution >= 4 is 33.1 Å². The van der Waals surface area contributed by atoms with E-state index < -0.39 is 10.0 Å². The maximum atomic E-state index is 13.0. The molecule has 1 N–H and O–H groups in total. The van der Waals surface area contributed by atoms with Crippen LogP contribution in [0.25, 0.3) is 5.57 Å². The first-order valence-corrected chi connectivity index (χ1v) is 11.7. The molecule has 2 aromatic carbocycles. The molecule has 0 bridgehead atoms. The summed E-state index contributed by atoms with van der Waals surface area (Å²) in [7, 11) is -2.40. The number of fused-ring (bicyclic) bond motifs is 1. The predicted molar refractivity (Wildman–Crippen MR) is 119 cm³/mol. The van der Waals surface area contributed by atoms with Gasteiger partial charge in [-0.25, -0.2) is 8.42 Å². The average molecular weight is 440 g/mol. The molecule has 4 rings (SSSR count). The molecule has 0 atom stereocenters. The number of carbonyl (C=O) groups excluding carboxylic acids is 2. The van der Waals surface area contributed by atoms with Crippen LogP contribution in [0.4, 0.5) is 5.69 Å². The van der Waals surface area contributed by atoms with Crippen molar-refractivity contribution in [1.29, 1.82) is 0 Å². The van der Waals surface area contributed by atoms with Crippen molar-refractivity contribution in [3.05, 3.63) is 65.7 Å². The van der Waals surface area contributed by atoms with Crippen molar-refractivity contribution in [3.8, 4) is 0 Å². The van der Waals surface area contributed by atoms with Gasteiger partial charge in [-0.15, -0.1) is 0 Å². The molecule has 0 unspecified atom stereocenters. The second-order valence-corrected chi connectivity index (χ2v) is 9.86. The predicted octanol–water partition coefficient (Wildman–Crippen LogP) is 2.51. The number of amides is 2. The number of carbonyl (C=O) groups is 2. The van der Waals surface area contributed by atoms with Gasteiger partial charge in [0.25, 0.3) is 0 Å². The molecule has 8 heteroatoms. The Morgan fingerprint density at radius 3 is 2.58 bits per heavy atom. The van der Waals surface area contributed by atoms with Crippen LogP contribution >= 0.6 is 0 Å². The third-order valence-corrected chi connectivity index (χ3v) is 7.54. The molecule has 0 aromatic heterocycles. The second-order valence-electron chi connectivity index (χ2n) is 7.81. The summed E-state index contributed by atoms with van der Waals surface area (Å²) in [6.45, 7) is 0.812. The zero-order chi connectivity index (χ0) is 22.0. The van der Waals surface area contributed by atoms with E-state index in [4.69, 9.17) is 0 Å². The Bertz CT molecular complexity index is 1140. The fourth-order valence-electron chi connectivity index (χ4n) is 3.89. The lowest BCUT2D eigenvalue weighted by Gasteiger charge is -2.28. The van der Waals surface area contributed by atoms with Crippen LogP contribution in [0, 0.1) is 0 Å². The van der Waals surface area contributed by atoms with Gasteiger partial charge >= 0.3 is 0 Å². The summed E-state index contributed by atoms with van der Waals surface area (Å²) in [4.78, 5) is 26.1. The van der Waals surface area contributed by atoms with Gasteiger partial charge in [0.2, 0.25) is 21.8 Å². The highest BCUT2D eigenvalue weighted by molar-refractivity contribution is 7.89. The maximum Gasteiger partial charge on any atom is 0.243 e. The number of hydrogen-bond acceptors (Lipinski definition) is 4. The Morgan fingerprint density at radius 2 is 1.87 bits per heavy atom. The summed E-state index contributed by atoms with van der Waals surface area (Å²) >= 11 is 0. The van der Waals surface area contributed by atoms with E-state index in [-0.39, 0.29) is 23.3 Å². The van der Waals surface area contributed by atoms with Crippen LogP contribution in [0.2, 0.25) is 0 Å². The van der Waals surface area contributed by atoms with Gasteiger partial charge in [-0.1, -0.05) is 36.4 Å². The number of rotatable bonds is 5. The van der Waals surface area contributed by atoms with E-state index in [2.05, 4.69) is 5.32 Å². The number of nitrogens with zero attached hydrogens (tertiary/aromatic N) is 2. The van der Waals surface area contributed by atoms with E-state index in [0.29, 0.717) is 31.6 Å². The van der Waals surface area contributed by atoms with E-state index in [9.17, 15) is 18.0 Å². The molecule has 2 aliphatic rings. The highest BCUT2D eigenvalue weighted by atomic mass is 32.2. The molecule has 0 saturated heterocycles. The summed E-state index contributed by atoms with van der Waals surface area (Å²) in [5, 5.41) is 2.74. The van der Waals surface area contributed by atoms with Crippen LogP contribution in [0.3, 0.4) is 0 Å². The first-order chi connectivity index (χ1) is 14.8. The number of hydrogen-bond donors (Lipinski definition) is 1. The fourth-order valence-corrected chi connectivity index (χ4v) is 5.06. The molecule has 0 saturated carbocycles. The van der Waals surface area contributed by atoms with E-state index >= 15 is 0 Å². The van der Waals surface area contributed by atoms with Gasteiger partial charge in [-0.2, -0.15) is 4.31 Å². The number of sulfonamides is 1. The Morgan fingerprint density at radius 1 is 1.10 bits per heavy atom. The number of nitrogens with one attached hydrogen (secondary N) is 1. The molecule has 7 nitrogen and oxygen atoms in total. The number of likely N-dealkylation sites (N-methyl/N-ethyl adjacent to an activating group) is 1. The molecule has 2 amide bonds. The van der Waals surface area contributed by atoms with Gasteiger partial charge in [0.15, 0.2) is 0 Å². The third kappa shape index (κ3) is 4.55. The molecule has 0 radical (unpaired) electrons. The topological polar surface area (TPSA) is 86.8 Å². The largest absolute Gasteiger partial charge is 0.337 e. The van der Waals surface area contributed by atoms with Crippen molar-refractivity contribution in [2.24, 2.45) is 0 Å². The Labute approximate surface area is 182 Å². The SMILES string of the molecule is CN(CC(=O)N1CC=C(c2ccccc2)CC1)S(=O)(=O)c1ccc2c(c1)CCC(=O)N2. The minimum absolute atomic E-state index is 0.0724. The van der Waals surface area contributed by atoms with Crippen molar-refractivity contribution in [1.82, 2.24) is 9.21 Å². The standard InChI is InChI=1S/C23H25N3O4S/c1-25(31(29,30)20-8-9-21-19(15-20)7-10-22(27)24-21)16-23(28)26-13-11-18(12-14-26)17-5-3-2-4-6-17/h2-6,8-9,11,15H,7,10,12-14,16H2,1H3,(H,24,27). The smallest absolute Gasteiger partial charge is 0.243 e. The van der Waals surface area contributed by atoms with E-state index in [1.807, 2.05) is 36.4 Å². The Kier molecular flexibility index (Phi) is 5.93. The lowest BCUT2D eigenvalue weighted by atomic mass is 9.99. The van der Waals surface area contributed by atoms with Crippen LogP contribution in [0.1, 0.15) is 24.0 Å². The van der Waals surface area contributed by atoms with Crippen LogP contribution in [-0.4, -0.2) is 56.1 Å². The summed E-state index contributed by atoms with van der Waals surface area (Å²) in [6.07, 6.45) is 3.60. The quantitative estimate of drug-likeness (QED) is 0.776. The van der Waals surface area contributed by atoms with Crippen LogP contribution < -0.4 is 5.32 Å². The van der Waals surface area contributed by atoms with Gasteiger partial charge in [-0.05, 0) is 47.7 Å². The number of anilines is 1. The van der Waals surface area contributed by atoms with Crippen molar-refractivity contribution in [3.63, 3.8) is 0 Å². The highest BCUT2D eigenvalue weighted by Gasteiger charge is 2.27. The van der Waals surface area contributed by atoms with Gasteiger partial charge in [0, 0.05) is 32.2 Å². The minimum Gasteiger partial charge on any atom is -0.337 e. The maximum absolute atomic E-state index is 13.0. The third-order valence-electron chi connectivity index (χ3n) is 5.74. The first-order valence-electron chi connectivity index (χ1n) is 10.3. The number of benzene rings is 2. The summed E-state index contributed by atoms with van der Waals surface area (Å²) < 4.78 is 27.1. The summed E-state index contributed by atoms with van der Waals surface area (Å²) in [5.41, 5.74) is 3.78. The Hall–Kier alpha value is -2.97. The number of aryl methyl sites for hydroxylation is 1. The molecule has 162 valence electrons. The molecule has 0 fully saturated rings. The van der Waals surface area contributed by atoms with Gasteiger partial charge in [-0.3, -0.25) is 9.59 Å². The molecule has 0 spiro atoms. The monoisotopic (exact) mass is 439 g/mol. The molecular weight excluding hydrogens is 414 g/mol. The van der Waals surface area contributed by atoms with Crippen LogP contribution in [-0.2, 0) is 26.0 Å². The van der Waals surface area contributed by atoms with Crippen LogP contribution in [0.15, 0.2) is 59.5 Å². The molecule has 2 aromatic rings. The van der Waals surface area contributed by atoms with Crippen LogP contribution in [0.5, 0.6) is 0 Å². The first kappa shape index (κ1) is 21.3. The fraction of sp³-hybridized carbons (Fsp3) is 0.304. The molecule has 2 heterocycles. The zero-order valence-electron chi connectivity index (χ0n) is 17.4. The molecule has 31 heavy (non-hydrogen) atoms. The second kappa shape index (κ2) is 8.64. The normalized spacial score (nSPS) is 16.5.